The maximum atomic E-state index is 4.77. The number of rotatable bonds is 9. The van der Waals surface area contributed by atoms with Crippen molar-refractivity contribution >= 4 is 12.2 Å². The van der Waals surface area contributed by atoms with E-state index in [9.17, 15) is 0 Å². The fourth-order valence-corrected chi connectivity index (χ4v) is 4.99. The van der Waals surface area contributed by atoms with E-state index < -0.39 is 0 Å². The van der Waals surface area contributed by atoms with E-state index in [4.69, 9.17) is 4.98 Å². The second-order valence-electron chi connectivity index (χ2n) is 9.21. The second kappa shape index (κ2) is 13.5. The molecule has 0 spiro atoms. The van der Waals surface area contributed by atoms with Gasteiger partial charge in [0.05, 0.1) is 17.9 Å². The summed E-state index contributed by atoms with van der Waals surface area (Å²) >= 11 is 0. The zero-order valence-corrected chi connectivity index (χ0v) is 20.9. The Labute approximate surface area is 201 Å². The molecule has 1 fully saturated rings. The fourth-order valence-electron chi connectivity index (χ4n) is 4.99. The number of likely N-dealkylation sites (tertiary alicyclic amines) is 1. The highest BCUT2D eigenvalue weighted by atomic mass is 15.2. The van der Waals surface area contributed by atoms with Crippen molar-refractivity contribution in [1.82, 2.24) is 24.8 Å². The average Bonchev–Trinajstić information content (AvgIpc) is 3.21. The lowest BCUT2D eigenvalue weighted by Crippen LogP contribution is -2.37. The molecule has 1 saturated heterocycles. The molecule has 180 valence electrons. The molecule has 3 heterocycles. The van der Waals surface area contributed by atoms with E-state index >= 15 is 0 Å². The third kappa shape index (κ3) is 7.12. The van der Waals surface area contributed by atoms with E-state index in [2.05, 4.69) is 52.8 Å². The Morgan fingerprint density at radius 1 is 1.15 bits per heavy atom. The Kier molecular flexibility index (Phi) is 10.4. The minimum atomic E-state index is 0.694. The summed E-state index contributed by atoms with van der Waals surface area (Å²) in [5.74, 6) is 1.80. The summed E-state index contributed by atoms with van der Waals surface area (Å²) < 4.78 is 2.36. The number of aryl methyl sites for hydroxylation is 2. The van der Waals surface area contributed by atoms with Crippen LogP contribution in [0.3, 0.4) is 0 Å². The number of fused-ring (bicyclic) bond motifs is 1. The summed E-state index contributed by atoms with van der Waals surface area (Å²) in [6.45, 7) is 18.8. The zero-order valence-electron chi connectivity index (χ0n) is 20.9. The molecule has 2 aromatic heterocycles. The summed E-state index contributed by atoms with van der Waals surface area (Å²) in [6, 6.07) is 4.23. The van der Waals surface area contributed by atoms with Gasteiger partial charge in [-0.1, -0.05) is 33.1 Å². The average molecular weight is 450 g/mol. The van der Waals surface area contributed by atoms with Gasteiger partial charge >= 0.3 is 0 Å². The molecule has 1 aliphatic carbocycles. The van der Waals surface area contributed by atoms with E-state index in [0.717, 1.165) is 49.8 Å². The van der Waals surface area contributed by atoms with Crippen molar-refractivity contribution in [2.24, 2.45) is 5.92 Å². The Bertz CT molecular complexity index is 859. The van der Waals surface area contributed by atoms with E-state index in [-0.39, 0.29) is 0 Å². The van der Waals surface area contributed by atoms with Crippen LogP contribution in [0.2, 0.25) is 0 Å². The number of imidazole rings is 1. The first-order valence-corrected chi connectivity index (χ1v) is 12.9. The van der Waals surface area contributed by atoms with Gasteiger partial charge in [-0.05, 0) is 94.3 Å². The summed E-state index contributed by atoms with van der Waals surface area (Å²) in [6.07, 6.45) is 14.5. The number of nitrogens with one attached hydrogen (secondary N) is 1. The number of pyridine rings is 1. The van der Waals surface area contributed by atoms with Gasteiger partial charge < -0.3 is 14.8 Å². The molecular formula is C28H43N5. The quantitative estimate of drug-likeness (QED) is 0.524. The molecule has 0 aromatic carbocycles. The molecule has 1 aliphatic heterocycles. The molecule has 0 amide bonds. The molecule has 0 unspecified atom stereocenters. The normalized spacial score (nSPS) is 18.2. The van der Waals surface area contributed by atoms with Crippen LogP contribution >= 0.6 is 0 Å². The predicted octanol–water partition coefficient (Wildman–Crippen LogP) is 5.36. The van der Waals surface area contributed by atoms with Crippen molar-refractivity contribution in [2.75, 3.05) is 26.2 Å². The fraction of sp³-hybridized carbons (Fsp3) is 0.571. The van der Waals surface area contributed by atoms with Crippen LogP contribution in [0.5, 0.6) is 0 Å². The van der Waals surface area contributed by atoms with E-state index in [1.54, 1.807) is 0 Å². The smallest absolute Gasteiger partial charge is 0.123 e. The van der Waals surface area contributed by atoms with Crippen LogP contribution in [0, 0.1) is 5.92 Å². The summed E-state index contributed by atoms with van der Waals surface area (Å²) in [7, 11) is 0. The lowest BCUT2D eigenvalue weighted by atomic mass is 9.96. The van der Waals surface area contributed by atoms with Crippen LogP contribution in [0.15, 0.2) is 31.5 Å². The molecule has 2 aliphatic rings. The summed E-state index contributed by atoms with van der Waals surface area (Å²) in [5, 5.41) is 3.48. The van der Waals surface area contributed by atoms with E-state index in [0.29, 0.717) is 5.92 Å². The highest BCUT2D eigenvalue weighted by Gasteiger charge is 2.22. The van der Waals surface area contributed by atoms with Gasteiger partial charge in [-0.25, -0.2) is 4.98 Å². The van der Waals surface area contributed by atoms with Crippen LogP contribution in [-0.2, 0) is 25.9 Å². The van der Waals surface area contributed by atoms with Gasteiger partial charge in [-0.3, -0.25) is 4.98 Å². The first-order chi connectivity index (χ1) is 16.2. The van der Waals surface area contributed by atoms with Crippen molar-refractivity contribution in [3.8, 4) is 0 Å². The minimum Gasteiger partial charge on any atom is -0.327 e. The van der Waals surface area contributed by atoms with Crippen LogP contribution in [0.4, 0.5) is 0 Å². The summed E-state index contributed by atoms with van der Waals surface area (Å²) in [4.78, 5) is 11.7. The first-order valence-electron chi connectivity index (χ1n) is 12.9. The van der Waals surface area contributed by atoms with Gasteiger partial charge in [-0.2, -0.15) is 0 Å². The Balaban J connectivity index is 0.000000252. The summed E-state index contributed by atoms with van der Waals surface area (Å²) in [5.41, 5.74) is 4.86. The SMILES string of the molecule is C=Cc1nc(CNCCC)n(C[C@H]2CCCN(CC)C2)c1C=C.c1cnc2c(c1)CCCC2. The van der Waals surface area contributed by atoms with Gasteiger partial charge in [-0.15, -0.1) is 0 Å². The van der Waals surface area contributed by atoms with Crippen LogP contribution in [0.25, 0.3) is 12.2 Å². The topological polar surface area (TPSA) is 46.0 Å². The van der Waals surface area contributed by atoms with Crippen molar-refractivity contribution in [3.05, 3.63) is 60.0 Å². The molecule has 0 bridgehead atoms. The third-order valence-electron chi connectivity index (χ3n) is 6.80. The highest BCUT2D eigenvalue weighted by Crippen LogP contribution is 2.23. The molecule has 2 aromatic rings. The van der Waals surface area contributed by atoms with Gasteiger partial charge in [0.25, 0.3) is 0 Å². The number of piperidine rings is 1. The van der Waals surface area contributed by atoms with Crippen LogP contribution in [-0.4, -0.2) is 45.6 Å². The van der Waals surface area contributed by atoms with Gasteiger partial charge in [0.2, 0.25) is 0 Å². The van der Waals surface area contributed by atoms with Crippen molar-refractivity contribution < 1.29 is 0 Å². The molecule has 5 nitrogen and oxygen atoms in total. The Morgan fingerprint density at radius 2 is 2.00 bits per heavy atom. The predicted molar refractivity (Wildman–Crippen MR) is 140 cm³/mol. The Morgan fingerprint density at radius 3 is 2.73 bits per heavy atom. The molecule has 0 saturated carbocycles. The third-order valence-corrected chi connectivity index (χ3v) is 6.80. The Hall–Kier alpha value is -2.24. The van der Waals surface area contributed by atoms with Gasteiger partial charge in [0, 0.05) is 25.0 Å². The van der Waals surface area contributed by atoms with Crippen LogP contribution in [0.1, 0.15) is 74.4 Å². The molecule has 1 N–H and O–H groups in total. The molecule has 1 atom stereocenters. The zero-order chi connectivity index (χ0) is 23.5. The monoisotopic (exact) mass is 449 g/mol. The first kappa shape index (κ1) is 25.4. The highest BCUT2D eigenvalue weighted by molar-refractivity contribution is 5.58. The number of aromatic nitrogens is 3. The van der Waals surface area contributed by atoms with Crippen LogP contribution < -0.4 is 5.32 Å². The molecule has 0 radical (unpaired) electrons. The lowest BCUT2D eigenvalue weighted by Gasteiger charge is -2.32. The largest absolute Gasteiger partial charge is 0.327 e. The molecule has 33 heavy (non-hydrogen) atoms. The lowest BCUT2D eigenvalue weighted by molar-refractivity contribution is 0.169. The minimum absolute atomic E-state index is 0.694. The molecule has 5 heteroatoms. The van der Waals surface area contributed by atoms with Crippen molar-refractivity contribution in [3.63, 3.8) is 0 Å². The van der Waals surface area contributed by atoms with E-state index in [1.807, 2.05) is 24.4 Å². The number of hydrogen-bond acceptors (Lipinski definition) is 4. The molecular weight excluding hydrogens is 406 g/mol. The number of hydrogen-bond donors (Lipinski definition) is 1. The maximum Gasteiger partial charge on any atom is 0.123 e. The second-order valence-corrected chi connectivity index (χ2v) is 9.21. The van der Waals surface area contributed by atoms with E-state index in [1.165, 1.54) is 62.9 Å². The molecule has 4 rings (SSSR count). The van der Waals surface area contributed by atoms with Crippen molar-refractivity contribution in [1.29, 1.82) is 0 Å². The van der Waals surface area contributed by atoms with Gasteiger partial charge in [0.1, 0.15) is 5.82 Å². The number of nitrogens with zero attached hydrogens (tertiary/aromatic N) is 4. The van der Waals surface area contributed by atoms with Gasteiger partial charge in [0.15, 0.2) is 0 Å². The van der Waals surface area contributed by atoms with Crippen molar-refractivity contribution in [2.45, 2.75) is 71.9 Å². The standard InChI is InChI=1S/C19H32N4.C9H11N/c1-5-11-20-13-19-21-17(6-2)18(7-3)23(19)15-16-10-9-12-22(8-4)14-16;1-2-6-9-8(4-1)5-3-7-10-9/h6-7,16,20H,2-3,5,8-15H2,1,4H3;3,5,7H,1-2,4,6H2/t16-;/m0./s1. The maximum absolute atomic E-state index is 4.77.